The SMILES string of the molecule is CC1O[C@H](O)C(O)C(O)[C@H]1O[C@H]1CCC(O[C@H]2OC(CO)[C@@H](O[C@@H]3OC(CO)[C@@H](O[C@H]4OC(CO)[C@H](O)C(O)C4O)C(O)C3O)C(O)C2O)C(O)[C@H]1O. The Balaban J connectivity index is 1.18. The molecule has 5 rings (SSSR count). The van der Waals surface area contributed by atoms with E-state index in [1.807, 2.05) is 0 Å². The van der Waals surface area contributed by atoms with Gasteiger partial charge in [0.05, 0.1) is 38.1 Å². The van der Waals surface area contributed by atoms with Gasteiger partial charge in [-0.1, -0.05) is 0 Å². The fourth-order valence-electron chi connectivity index (χ4n) is 7.15. The number of aliphatic hydroxyl groups is 15. The van der Waals surface area contributed by atoms with Crippen LogP contribution in [0.2, 0.25) is 0 Å². The molecule has 1 aliphatic carbocycles. The van der Waals surface area contributed by atoms with Gasteiger partial charge in [0, 0.05) is 0 Å². The minimum absolute atomic E-state index is 0.0182. The average molecular weight is 781 g/mol. The summed E-state index contributed by atoms with van der Waals surface area (Å²) in [6, 6.07) is 0. The summed E-state index contributed by atoms with van der Waals surface area (Å²) in [6.07, 6.45) is -39.0. The molecule has 15 N–H and O–H groups in total. The van der Waals surface area contributed by atoms with Crippen molar-refractivity contribution in [1.29, 1.82) is 0 Å². The Hall–Kier alpha value is -0.920. The highest BCUT2D eigenvalue weighted by Gasteiger charge is 2.55. The van der Waals surface area contributed by atoms with Gasteiger partial charge in [-0.3, -0.25) is 0 Å². The number of ether oxygens (including phenoxy) is 8. The first kappa shape index (κ1) is 43.2. The molecule has 24 atom stereocenters. The van der Waals surface area contributed by atoms with Crippen LogP contribution in [0.4, 0.5) is 0 Å². The third-order valence-corrected chi connectivity index (χ3v) is 10.4. The molecular weight excluding hydrogens is 728 g/mol. The summed E-state index contributed by atoms with van der Waals surface area (Å²) in [6.45, 7) is -1.08. The van der Waals surface area contributed by atoms with Gasteiger partial charge in [-0.05, 0) is 19.8 Å². The Labute approximate surface area is 301 Å². The summed E-state index contributed by atoms with van der Waals surface area (Å²) in [7, 11) is 0. The lowest BCUT2D eigenvalue weighted by Gasteiger charge is -2.48. The van der Waals surface area contributed by atoms with Crippen LogP contribution in [0, 0.1) is 0 Å². The highest BCUT2D eigenvalue weighted by molar-refractivity contribution is 4.98. The molecule has 5 fully saturated rings. The minimum Gasteiger partial charge on any atom is -0.394 e. The molecule has 14 unspecified atom stereocenters. The standard InChI is InChI=1S/C30H52O23/c1-7-24(17(38)20(41)27(45)46-7)47-8-2-3-9(14(35)13(8)34)48-28-22(43)18(39)25(11(5-32)50-28)53-30-23(44)19(40)26(12(6-33)51-30)52-29-21(42)16(37)15(36)10(4-31)49-29/h7-45H,2-6H2,1H3/t7?,8-,9?,10?,11?,12?,13-,14?,15-,16?,17?,18?,19?,20?,21?,22?,23?,24-,25+,26+,27-,28-,29+,30-/m0/s1. The quantitative estimate of drug-likeness (QED) is 0.0925. The molecule has 0 aromatic rings. The molecule has 0 aromatic carbocycles. The van der Waals surface area contributed by atoms with Crippen molar-refractivity contribution >= 4 is 0 Å². The van der Waals surface area contributed by atoms with Gasteiger partial charge in [-0.2, -0.15) is 0 Å². The van der Waals surface area contributed by atoms with Gasteiger partial charge >= 0.3 is 0 Å². The van der Waals surface area contributed by atoms with Crippen molar-refractivity contribution in [2.24, 2.45) is 0 Å². The molecule has 0 aromatic heterocycles. The van der Waals surface area contributed by atoms with E-state index < -0.39 is 167 Å². The molecule has 53 heavy (non-hydrogen) atoms. The van der Waals surface area contributed by atoms with E-state index in [0.29, 0.717) is 0 Å². The number of rotatable bonds is 11. The van der Waals surface area contributed by atoms with E-state index in [9.17, 15) is 76.6 Å². The molecule has 23 nitrogen and oxygen atoms in total. The number of hydrogen-bond acceptors (Lipinski definition) is 23. The fraction of sp³-hybridized carbons (Fsp3) is 1.00. The fourth-order valence-corrected chi connectivity index (χ4v) is 7.15. The topological polar surface area (TPSA) is 377 Å². The Morgan fingerprint density at radius 1 is 0.396 bits per heavy atom. The van der Waals surface area contributed by atoms with Crippen LogP contribution >= 0.6 is 0 Å². The average Bonchev–Trinajstić information content (AvgIpc) is 3.14. The van der Waals surface area contributed by atoms with Gasteiger partial charge in [0.1, 0.15) is 104 Å². The van der Waals surface area contributed by atoms with Crippen molar-refractivity contribution < 1.29 is 114 Å². The van der Waals surface area contributed by atoms with Gasteiger partial charge in [0.25, 0.3) is 0 Å². The zero-order valence-electron chi connectivity index (χ0n) is 28.4. The van der Waals surface area contributed by atoms with Crippen LogP contribution in [0.25, 0.3) is 0 Å². The van der Waals surface area contributed by atoms with Gasteiger partial charge in [-0.15, -0.1) is 0 Å². The first-order valence-corrected chi connectivity index (χ1v) is 17.3. The van der Waals surface area contributed by atoms with Gasteiger partial charge < -0.3 is 114 Å². The van der Waals surface area contributed by atoms with Gasteiger partial charge in [0.2, 0.25) is 0 Å². The molecule has 23 heteroatoms. The van der Waals surface area contributed by atoms with Crippen molar-refractivity contribution in [1.82, 2.24) is 0 Å². The smallest absolute Gasteiger partial charge is 0.187 e. The van der Waals surface area contributed by atoms with Crippen LogP contribution < -0.4 is 0 Å². The molecular formula is C30H52O23. The van der Waals surface area contributed by atoms with E-state index >= 15 is 0 Å². The van der Waals surface area contributed by atoms with E-state index in [-0.39, 0.29) is 12.8 Å². The maximum absolute atomic E-state index is 11.0. The minimum atomic E-state index is -2.02. The zero-order chi connectivity index (χ0) is 39.0. The maximum Gasteiger partial charge on any atom is 0.187 e. The number of hydrogen-bond donors (Lipinski definition) is 15. The molecule has 0 radical (unpaired) electrons. The third kappa shape index (κ3) is 8.82. The summed E-state index contributed by atoms with van der Waals surface area (Å²) in [5, 5.41) is 155. The lowest BCUT2D eigenvalue weighted by molar-refractivity contribution is -0.382. The largest absolute Gasteiger partial charge is 0.394 e. The van der Waals surface area contributed by atoms with Crippen LogP contribution in [-0.4, -0.2) is 244 Å². The molecule has 5 aliphatic rings. The van der Waals surface area contributed by atoms with E-state index in [1.54, 1.807) is 0 Å². The van der Waals surface area contributed by atoms with Crippen LogP contribution in [-0.2, 0) is 37.9 Å². The summed E-state index contributed by atoms with van der Waals surface area (Å²) < 4.78 is 44.2. The normalized spacial score (nSPS) is 54.1. The molecule has 1 saturated carbocycles. The Kier molecular flexibility index (Phi) is 14.8. The van der Waals surface area contributed by atoms with Gasteiger partial charge in [0.15, 0.2) is 25.2 Å². The molecule has 0 spiro atoms. The van der Waals surface area contributed by atoms with E-state index in [1.165, 1.54) is 6.92 Å². The summed E-state index contributed by atoms with van der Waals surface area (Å²) in [5.41, 5.74) is 0. The Morgan fingerprint density at radius 3 is 1.26 bits per heavy atom. The molecule has 4 aliphatic heterocycles. The maximum atomic E-state index is 11.0. The second-order valence-electron chi connectivity index (χ2n) is 13.9. The lowest BCUT2D eigenvalue weighted by atomic mass is 9.88. The lowest BCUT2D eigenvalue weighted by Crippen LogP contribution is -2.67. The zero-order valence-corrected chi connectivity index (χ0v) is 28.4. The second-order valence-corrected chi connectivity index (χ2v) is 13.9. The van der Waals surface area contributed by atoms with Crippen LogP contribution in [0.15, 0.2) is 0 Å². The Morgan fingerprint density at radius 2 is 0.792 bits per heavy atom. The molecule has 4 heterocycles. The first-order chi connectivity index (χ1) is 25.0. The van der Waals surface area contributed by atoms with E-state index in [4.69, 9.17) is 37.9 Å². The monoisotopic (exact) mass is 780 g/mol. The molecule has 4 saturated heterocycles. The number of aliphatic hydroxyl groups excluding tert-OH is 15. The van der Waals surface area contributed by atoms with E-state index in [0.717, 1.165) is 0 Å². The summed E-state index contributed by atoms with van der Waals surface area (Å²) >= 11 is 0. The molecule has 0 bridgehead atoms. The second kappa shape index (κ2) is 18.1. The van der Waals surface area contributed by atoms with Crippen LogP contribution in [0.1, 0.15) is 19.8 Å². The van der Waals surface area contributed by atoms with E-state index in [2.05, 4.69) is 0 Å². The Bertz CT molecular complexity index is 1140. The third-order valence-electron chi connectivity index (χ3n) is 10.4. The molecule has 310 valence electrons. The molecule has 0 amide bonds. The first-order valence-electron chi connectivity index (χ1n) is 17.3. The highest BCUT2D eigenvalue weighted by Crippen LogP contribution is 2.35. The van der Waals surface area contributed by atoms with Crippen molar-refractivity contribution in [2.45, 2.75) is 167 Å². The highest BCUT2D eigenvalue weighted by atomic mass is 16.8. The van der Waals surface area contributed by atoms with Crippen molar-refractivity contribution in [3.63, 3.8) is 0 Å². The van der Waals surface area contributed by atoms with Crippen molar-refractivity contribution in [3.05, 3.63) is 0 Å². The summed E-state index contributed by atoms with van der Waals surface area (Å²) in [4.78, 5) is 0. The van der Waals surface area contributed by atoms with Crippen molar-refractivity contribution in [3.8, 4) is 0 Å². The van der Waals surface area contributed by atoms with Gasteiger partial charge in [-0.25, -0.2) is 0 Å². The predicted octanol–water partition coefficient (Wildman–Crippen LogP) is -9.45. The van der Waals surface area contributed by atoms with Crippen LogP contribution in [0.3, 0.4) is 0 Å². The summed E-state index contributed by atoms with van der Waals surface area (Å²) in [5.74, 6) is 0. The van der Waals surface area contributed by atoms with Crippen LogP contribution in [0.5, 0.6) is 0 Å². The predicted molar refractivity (Wildman–Crippen MR) is 162 cm³/mol. The van der Waals surface area contributed by atoms with Crippen molar-refractivity contribution in [2.75, 3.05) is 19.8 Å².